The minimum Gasteiger partial charge on any atom is -0.490 e. The van der Waals surface area contributed by atoms with Gasteiger partial charge in [-0.15, -0.1) is 0 Å². The van der Waals surface area contributed by atoms with Crippen LogP contribution in [-0.4, -0.2) is 13.2 Å². The van der Waals surface area contributed by atoms with Gasteiger partial charge in [0.25, 0.3) is 0 Å². The van der Waals surface area contributed by atoms with Gasteiger partial charge in [0.1, 0.15) is 36.2 Å². The summed E-state index contributed by atoms with van der Waals surface area (Å²) in [7, 11) is 0. The van der Waals surface area contributed by atoms with Crippen LogP contribution in [0.1, 0.15) is 25.3 Å². The zero-order chi connectivity index (χ0) is 19.1. The Morgan fingerprint density at radius 2 is 1.30 bits per heavy atom. The van der Waals surface area contributed by atoms with E-state index in [4.69, 9.17) is 25.8 Å². The van der Waals surface area contributed by atoms with Crippen molar-refractivity contribution in [2.75, 3.05) is 13.2 Å². The van der Waals surface area contributed by atoms with E-state index in [0.29, 0.717) is 24.2 Å². The molecule has 0 aliphatic rings. The number of rotatable bonds is 8. The summed E-state index contributed by atoms with van der Waals surface area (Å²) >= 11 is 5.86. The molecule has 0 N–H and O–H groups in total. The highest BCUT2D eigenvalue weighted by molar-refractivity contribution is 6.30. The SMILES string of the molecule is CC(C)c1ccc(Oc2cccc(OCCOc3ccc(Cl)cc3)c2)cc1. The molecule has 0 saturated carbocycles. The molecule has 0 fully saturated rings. The number of ether oxygens (including phenoxy) is 3. The Kier molecular flexibility index (Phi) is 6.61. The van der Waals surface area contributed by atoms with Crippen molar-refractivity contribution in [2.45, 2.75) is 19.8 Å². The van der Waals surface area contributed by atoms with Gasteiger partial charge in [0.15, 0.2) is 0 Å². The van der Waals surface area contributed by atoms with Crippen LogP contribution >= 0.6 is 11.6 Å². The molecule has 0 aliphatic carbocycles. The van der Waals surface area contributed by atoms with Crippen LogP contribution in [0.5, 0.6) is 23.0 Å². The van der Waals surface area contributed by atoms with E-state index in [1.165, 1.54) is 5.56 Å². The smallest absolute Gasteiger partial charge is 0.131 e. The normalized spacial score (nSPS) is 10.7. The standard InChI is InChI=1S/C23H23ClO3/c1-17(2)18-6-10-21(11-7-18)27-23-5-3-4-22(16-23)26-15-14-25-20-12-8-19(24)9-13-20/h3-13,16-17H,14-15H2,1-2H3. The van der Waals surface area contributed by atoms with Gasteiger partial charge in [-0.2, -0.15) is 0 Å². The van der Waals surface area contributed by atoms with Crippen LogP contribution in [-0.2, 0) is 0 Å². The second-order valence-electron chi connectivity index (χ2n) is 6.45. The largest absolute Gasteiger partial charge is 0.490 e. The lowest BCUT2D eigenvalue weighted by Gasteiger charge is -2.11. The van der Waals surface area contributed by atoms with Crippen LogP contribution in [0.3, 0.4) is 0 Å². The van der Waals surface area contributed by atoms with Gasteiger partial charge in [0, 0.05) is 11.1 Å². The first-order chi connectivity index (χ1) is 13.1. The fourth-order valence-electron chi connectivity index (χ4n) is 2.53. The molecule has 0 atom stereocenters. The van der Waals surface area contributed by atoms with E-state index in [0.717, 1.165) is 23.0 Å². The fourth-order valence-corrected chi connectivity index (χ4v) is 2.66. The van der Waals surface area contributed by atoms with Crippen molar-refractivity contribution >= 4 is 11.6 Å². The molecule has 0 heterocycles. The van der Waals surface area contributed by atoms with Crippen LogP contribution in [0.2, 0.25) is 5.02 Å². The minimum absolute atomic E-state index is 0.440. The highest BCUT2D eigenvalue weighted by Crippen LogP contribution is 2.26. The van der Waals surface area contributed by atoms with E-state index in [1.807, 2.05) is 48.5 Å². The molecular weight excluding hydrogens is 360 g/mol. The minimum atomic E-state index is 0.440. The molecule has 0 saturated heterocycles. The average molecular weight is 383 g/mol. The molecule has 4 heteroatoms. The van der Waals surface area contributed by atoms with Gasteiger partial charge in [0.05, 0.1) is 0 Å². The molecule has 3 aromatic carbocycles. The van der Waals surface area contributed by atoms with Crippen molar-refractivity contribution in [2.24, 2.45) is 0 Å². The molecule has 0 radical (unpaired) electrons. The molecule has 27 heavy (non-hydrogen) atoms. The van der Waals surface area contributed by atoms with E-state index in [2.05, 4.69) is 26.0 Å². The fraction of sp³-hybridized carbons (Fsp3) is 0.217. The number of hydrogen-bond donors (Lipinski definition) is 0. The van der Waals surface area contributed by atoms with Gasteiger partial charge in [0.2, 0.25) is 0 Å². The monoisotopic (exact) mass is 382 g/mol. The zero-order valence-corrected chi connectivity index (χ0v) is 16.3. The molecule has 140 valence electrons. The van der Waals surface area contributed by atoms with Gasteiger partial charge in [-0.05, 0) is 60.0 Å². The van der Waals surface area contributed by atoms with E-state index in [9.17, 15) is 0 Å². The quantitative estimate of drug-likeness (QED) is 0.405. The maximum absolute atomic E-state index is 5.92. The number of hydrogen-bond acceptors (Lipinski definition) is 3. The van der Waals surface area contributed by atoms with Crippen LogP contribution in [0.4, 0.5) is 0 Å². The summed E-state index contributed by atoms with van der Waals surface area (Å²) in [6.07, 6.45) is 0. The molecule has 0 aromatic heterocycles. The summed E-state index contributed by atoms with van der Waals surface area (Å²) in [6, 6.07) is 23.0. The predicted octanol–water partition coefficient (Wildman–Crippen LogP) is 6.71. The van der Waals surface area contributed by atoms with Crippen molar-refractivity contribution < 1.29 is 14.2 Å². The lowest BCUT2D eigenvalue weighted by atomic mass is 10.0. The van der Waals surface area contributed by atoms with Gasteiger partial charge in [-0.3, -0.25) is 0 Å². The Bertz CT molecular complexity index is 842. The summed E-state index contributed by atoms with van der Waals surface area (Å²) < 4.78 is 17.3. The van der Waals surface area contributed by atoms with Crippen molar-refractivity contribution in [3.63, 3.8) is 0 Å². The summed E-state index contributed by atoms with van der Waals surface area (Å²) in [5.41, 5.74) is 1.29. The average Bonchev–Trinajstić information content (AvgIpc) is 2.67. The molecular formula is C23H23ClO3. The first kappa shape index (κ1) is 19.1. The van der Waals surface area contributed by atoms with E-state index < -0.39 is 0 Å². The second kappa shape index (κ2) is 9.33. The summed E-state index contributed by atoms with van der Waals surface area (Å²) in [6.45, 7) is 5.24. The highest BCUT2D eigenvalue weighted by Gasteiger charge is 2.03. The van der Waals surface area contributed by atoms with Crippen molar-refractivity contribution in [3.8, 4) is 23.0 Å². The van der Waals surface area contributed by atoms with E-state index in [-0.39, 0.29) is 0 Å². The molecule has 0 amide bonds. The number of benzene rings is 3. The summed E-state index contributed by atoms with van der Waals surface area (Å²) in [5.74, 6) is 3.56. The zero-order valence-electron chi connectivity index (χ0n) is 15.5. The van der Waals surface area contributed by atoms with Crippen molar-refractivity contribution in [1.82, 2.24) is 0 Å². The molecule has 3 nitrogen and oxygen atoms in total. The van der Waals surface area contributed by atoms with Crippen LogP contribution < -0.4 is 14.2 Å². The molecule has 3 rings (SSSR count). The third kappa shape index (κ3) is 5.93. The summed E-state index contributed by atoms with van der Waals surface area (Å²) in [5, 5.41) is 0.689. The van der Waals surface area contributed by atoms with Gasteiger partial charge in [-0.1, -0.05) is 43.6 Å². The first-order valence-corrected chi connectivity index (χ1v) is 9.37. The lowest BCUT2D eigenvalue weighted by molar-refractivity contribution is 0.217. The van der Waals surface area contributed by atoms with Crippen LogP contribution in [0.25, 0.3) is 0 Å². The third-order valence-corrected chi connectivity index (χ3v) is 4.27. The molecule has 0 bridgehead atoms. The van der Waals surface area contributed by atoms with E-state index >= 15 is 0 Å². The van der Waals surface area contributed by atoms with Crippen LogP contribution in [0.15, 0.2) is 72.8 Å². The third-order valence-electron chi connectivity index (χ3n) is 4.02. The van der Waals surface area contributed by atoms with Gasteiger partial charge >= 0.3 is 0 Å². The predicted molar refractivity (Wildman–Crippen MR) is 109 cm³/mol. The van der Waals surface area contributed by atoms with Crippen molar-refractivity contribution in [1.29, 1.82) is 0 Å². The Balaban J connectivity index is 1.50. The van der Waals surface area contributed by atoms with Gasteiger partial charge < -0.3 is 14.2 Å². The molecule has 0 aliphatic heterocycles. The Hall–Kier alpha value is -2.65. The summed E-state index contributed by atoms with van der Waals surface area (Å²) in [4.78, 5) is 0. The lowest BCUT2D eigenvalue weighted by Crippen LogP contribution is -2.08. The Labute approximate surface area is 165 Å². The van der Waals surface area contributed by atoms with Gasteiger partial charge in [-0.25, -0.2) is 0 Å². The Morgan fingerprint density at radius 3 is 1.96 bits per heavy atom. The topological polar surface area (TPSA) is 27.7 Å². The maximum Gasteiger partial charge on any atom is 0.131 e. The second-order valence-corrected chi connectivity index (χ2v) is 6.89. The molecule has 0 spiro atoms. The number of halogens is 1. The highest BCUT2D eigenvalue weighted by atomic mass is 35.5. The van der Waals surface area contributed by atoms with E-state index in [1.54, 1.807) is 12.1 Å². The molecule has 3 aromatic rings. The van der Waals surface area contributed by atoms with Crippen LogP contribution in [0, 0.1) is 0 Å². The first-order valence-electron chi connectivity index (χ1n) is 8.99. The van der Waals surface area contributed by atoms with Crippen molar-refractivity contribution in [3.05, 3.63) is 83.4 Å². The maximum atomic E-state index is 5.92. The molecule has 0 unspecified atom stereocenters. The Morgan fingerprint density at radius 1 is 0.704 bits per heavy atom.